The Morgan fingerprint density at radius 1 is 1.38 bits per heavy atom. The molecule has 4 heteroatoms. The quantitative estimate of drug-likeness (QED) is 0.548. The summed E-state index contributed by atoms with van der Waals surface area (Å²) >= 11 is 0. The van der Waals surface area contributed by atoms with Crippen LogP contribution in [0, 0.1) is 23.2 Å². The maximum atomic E-state index is 12.0. The Bertz CT molecular complexity index is 462. The van der Waals surface area contributed by atoms with Gasteiger partial charge in [0.15, 0.2) is 0 Å². The molecule has 5 atom stereocenters. The Balaban J connectivity index is 2.06. The Hall–Kier alpha value is -1.03. The predicted octanol–water partition coefficient (Wildman–Crippen LogP) is 4.55. The summed E-state index contributed by atoms with van der Waals surface area (Å²) in [6.07, 6.45) is 6.68. The number of unbranched alkanes of at least 4 members (excludes halogenated alkanes) is 1. The van der Waals surface area contributed by atoms with Gasteiger partial charge in [0.2, 0.25) is 0 Å². The first-order chi connectivity index (χ1) is 11.5. The van der Waals surface area contributed by atoms with Crippen LogP contribution in [0.2, 0.25) is 0 Å². The van der Waals surface area contributed by atoms with Crippen LogP contribution in [0.4, 0.5) is 4.79 Å². The number of nitrogens with one attached hydrogen (secondary N) is 1. The highest BCUT2D eigenvalue weighted by Crippen LogP contribution is 2.53. The minimum absolute atomic E-state index is 0.101. The number of hydrogen-bond acceptors (Lipinski definition) is 3. The van der Waals surface area contributed by atoms with E-state index in [9.17, 15) is 4.79 Å². The number of carbonyl (C=O) groups excluding carboxylic acids is 1. The van der Waals surface area contributed by atoms with E-state index in [1.807, 2.05) is 0 Å². The molecule has 1 N–H and O–H groups in total. The van der Waals surface area contributed by atoms with E-state index in [2.05, 4.69) is 46.0 Å². The highest BCUT2D eigenvalue weighted by atomic mass is 16.6. The summed E-state index contributed by atoms with van der Waals surface area (Å²) in [7, 11) is 0. The third-order valence-corrected chi connectivity index (χ3v) is 6.20. The molecule has 0 unspecified atom stereocenters. The van der Waals surface area contributed by atoms with Crippen LogP contribution in [-0.2, 0) is 9.47 Å². The molecule has 2 rings (SSSR count). The van der Waals surface area contributed by atoms with Crippen molar-refractivity contribution in [2.75, 3.05) is 19.8 Å². The minimum atomic E-state index is -0.296. The Morgan fingerprint density at radius 2 is 2.12 bits per heavy atom. The standard InChI is InChI=1S/C20H35NO3/c1-6-8-10-21-19(22)24-13-20-12-23-17(9-7-2)18(16(20)5)14(3)11-15(20)4/h11,15-18H,6-10,12-13H2,1-5H3,(H,21,22)/t15-,16+,17-,18+,20-/m0/s1. The van der Waals surface area contributed by atoms with Crippen LogP contribution in [-0.4, -0.2) is 32.0 Å². The fourth-order valence-electron chi connectivity index (χ4n) is 4.55. The Labute approximate surface area is 147 Å². The van der Waals surface area contributed by atoms with E-state index in [1.165, 1.54) is 5.57 Å². The average molecular weight is 338 g/mol. The summed E-state index contributed by atoms with van der Waals surface area (Å²) in [6.45, 7) is 12.9. The van der Waals surface area contributed by atoms with Gasteiger partial charge in [-0.2, -0.15) is 0 Å². The zero-order valence-corrected chi connectivity index (χ0v) is 16.1. The lowest BCUT2D eigenvalue weighted by Gasteiger charge is -2.55. The topological polar surface area (TPSA) is 47.6 Å². The summed E-state index contributed by atoms with van der Waals surface area (Å²) < 4.78 is 11.9. The number of amides is 1. The second-order valence-electron chi connectivity index (χ2n) is 7.74. The third kappa shape index (κ3) is 3.79. The summed E-state index contributed by atoms with van der Waals surface area (Å²) in [5.41, 5.74) is 1.34. The van der Waals surface area contributed by atoms with Gasteiger partial charge in [-0.15, -0.1) is 0 Å². The predicted molar refractivity (Wildman–Crippen MR) is 96.9 cm³/mol. The van der Waals surface area contributed by atoms with Gasteiger partial charge in [0, 0.05) is 17.9 Å². The van der Waals surface area contributed by atoms with Crippen LogP contribution >= 0.6 is 0 Å². The van der Waals surface area contributed by atoms with Crippen molar-refractivity contribution in [3.63, 3.8) is 0 Å². The molecule has 1 fully saturated rings. The largest absolute Gasteiger partial charge is 0.449 e. The second kappa shape index (κ2) is 8.37. The van der Waals surface area contributed by atoms with E-state index in [0.717, 1.165) is 25.7 Å². The molecule has 138 valence electrons. The molecule has 0 saturated carbocycles. The summed E-state index contributed by atoms with van der Waals surface area (Å²) in [5, 5.41) is 2.84. The Kier molecular flexibility index (Phi) is 6.73. The molecule has 0 aromatic carbocycles. The van der Waals surface area contributed by atoms with Crippen molar-refractivity contribution in [3.05, 3.63) is 11.6 Å². The van der Waals surface area contributed by atoms with Crippen molar-refractivity contribution in [2.24, 2.45) is 23.2 Å². The highest BCUT2D eigenvalue weighted by molar-refractivity contribution is 5.67. The number of carbonyl (C=O) groups is 1. The normalized spacial score (nSPS) is 35.3. The molecule has 1 saturated heterocycles. The fraction of sp³-hybridized carbons (Fsp3) is 0.850. The summed E-state index contributed by atoms with van der Waals surface area (Å²) in [5.74, 6) is 1.27. The highest BCUT2D eigenvalue weighted by Gasteiger charge is 2.53. The van der Waals surface area contributed by atoms with Crippen molar-refractivity contribution < 1.29 is 14.3 Å². The van der Waals surface area contributed by atoms with Gasteiger partial charge < -0.3 is 14.8 Å². The van der Waals surface area contributed by atoms with E-state index < -0.39 is 0 Å². The van der Waals surface area contributed by atoms with Crippen LogP contribution in [0.15, 0.2) is 11.6 Å². The van der Waals surface area contributed by atoms with Crippen molar-refractivity contribution in [1.82, 2.24) is 5.32 Å². The minimum Gasteiger partial charge on any atom is -0.449 e. The maximum absolute atomic E-state index is 12.0. The van der Waals surface area contributed by atoms with Crippen molar-refractivity contribution >= 4 is 6.09 Å². The maximum Gasteiger partial charge on any atom is 0.407 e. The number of rotatable bonds is 7. The first-order valence-corrected chi connectivity index (χ1v) is 9.66. The van der Waals surface area contributed by atoms with E-state index in [-0.39, 0.29) is 11.5 Å². The van der Waals surface area contributed by atoms with Gasteiger partial charge in [0.05, 0.1) is 12.7 Å². The van der Waals surface area contributed by atoms with Gasteiger partial charge in [-0.05, 0) is 31.6 Å². The lowest BCUT2D eigenvalue weighted by molar-refractivity contribution is -0.164. The fourth-order valence-corrected chi connectivity index (χ4v) is 4.55. The van der Waals surface area contributed by atoms with Crippen LogP contribution in [0.3, 0.4) is 0 Å². The molecule has 0 aromatic heterocycles. The van der Waals surface area contributed by atoms with Crippen molar-refractivity contribution in [1.29, 1.82) is 0 Å². The molecule has 1 aliphatic heterocycles. The van der Waals surface area contributed by atoms with E-state index in [0.29, 0.717) is 43.6 Å². The number of fused-ring (bicyclic) bond motifs is 2. The van der Waals surface area contributed by atoms with Gasteiger partial charge >= 0.3 is 6.09 Å². The zero-order chi connectivity index (χ0) is 17.7. The van der Waals surface area contributed by atoms with E-state index in [1.54, 1.807) is 0 Å². The number of hydrogen-bond donors (Lipinski definition) is 1. The molecule has 2 aliphatic rings. The molecule has 1 heterocycles. The molecule has 1 aliphatic carbocycles. The van der Waals surface area contributed by atoms with Gasteiger partial charge in [0.25, 0.3) is 0 Å². The first kappa shape index (κ1) is 19.3. The summed E-state index contributed by atoms with van der Waals surface area (Å²) in [4.78, 5) is 12.0. The van der Waals surface area contributed by atoms with Crippen LogP contribution in [0.25, 0.3) is 0 Å². The van der Waals surface area contributed by atoms with E-state index >= 15 is 0 Å². The van der Waals surface area contributed by atoms with Crippen LogP contribution in [0.1, 0.15) is 60.3 Å². The number of allylic oxidation sites excluding steroid dienone is 1. The molecular formula is C20H35NO3. The number of alkyl carbamates (subject to hydrolysis) is 1. The molecular weight excluding hydrogens is 302 g/mol. The van der Waals surface area contributed by atoms with Gasteiger partial charge in [-0.3, -0.25) is 0 Å². The Morgan fingerprint density at radius 3 is 2.79 bits per heavy atom. The average Bonchev–Trinajstić information content (AvgIpc) is 2.53. The zero-order valence-electron chi connectivity index (χ0n) is 16.1. The molecule has 0 radical (unpaired) electrons. The lowest BCUT2D eigenvalue weighted by atomic mass is 9.56. The van der Waals surface area contributed by atoms with E-state index in [4.69, 9.17) is 9.47 Å². The molecule has 2 bridgehead atoms. The van der Waals surface area contributed by atoms with Gasteiger partial charge in [-0.1, -0.05) is 52.2 Å². The lowest BCUT2D eigenvalue weighted by Crippen LogP contribution is -2.57. The van der Waals surface area contributed by atoms with Crippen LogP contribution < -0.4 is 5.32 Å². The smallest absolute Gasteiger partial charge is 0.407 e. The molecule has 1 amide bonds. The first-order valence-electron chi connectivity index (χ1n) is 9.66. The summed E-state index contributed by atoms with van der Waals surface area (Å²) in [6, 6.07) is 0. The second-order valence-corrected chi connectivity index (χ2v) is 7.74. The molecule has 4 nitrogen and oxygen atoms in total. The van der Waals surface area contributed by atoms with Gasteiger partial charge in [-0.25, -0.2) is 4.79 Å². The monoisotopic (exact) mass is 337 g/mol. The SMILES string of the molecule is CCCCNC(=O)OC[C@@]12CO[C@@H](CCC)[C@H](C(C)=C[C@@H]1C)[C@H]2C. The van der Waals surface area contributed by atoms with Crippen molar-refractivity contribution in [3.8, 4) is 0 Å². The molecule has 24 heavy (non-hydrogen) atoms. The number of ether oxygens (including phenoxy) is 2. The van der Waals surface area contributed by atoms with Crippen LogP contribution in [0.5, 0.6) is 0 Å². The third-order valence-electron chi connectivity index (χ3n) is 6.20. The van der Waals surface area contributed by atoms with Gasteiger partial charge in [0.1, 0.15) is 6.61 Å². The molecule has 0 aromatic rings. The molecule has 0 spiro atoms. The van der Waals surface area contributed by atoms with Crippen molar-refractivity contribution in [2.45, 2.75) is 66.4 Å².